The fourth-order valence-corrected chi connectivity index (χ4v) is 3.04. The third-order valence-electron chi connectivity index (χ3n) is 4.54. The number of aryl methyl sites for hydroxylation is 1. The molecule has 1 aliphatic rings. The van der Waals surface area contributed by atoms with Gasteiger partial charge in [-0.05, 0) is 12.3 Å². The highest BCUT2D eigenvalue weighted by Gasteiger charge is 2.39. The van der Waals surface area contributed by atoms with Crippen LogP contribution in [-0.2, 0) is 6.42 Å². The van der Waals surface area contributed by atoms with Crippen LogP contribution < -0.4 is 9.64 Å². The van der Waals surface area contributed by atoms with E-state index in [1.807, 2.05) is 20.8 Å². The zero-order valence-electron chi connectivity index (χ0n) is 16.8. The lowest BCUT2D eigenvalue weighted by Crippen LogP contribution is -2.26. The van der Waals surface area contributed by atoms with E-state index in [4.69, 9.17) is 9.37 Å². The number of halogens is 2. The van der Waals surface area contributed by atoms with E-state index in [1.165, 1.54) is 0 Å². The maximum atomic E-state index is 13.8. The molecule has 0 spiro atoms. The minimum Gasteiger partial charge on any atom is -0.464 e. The van der Waals surface area contributed by atoms with E-state index in [9.17, 15) is 8.78 Å². The molecular weight excluding hydrogens is 384 g/mol. The van der Waals surface area contributed by atoms with Crippen molar-refractivity contribution < 1.29 is 18.1 Å². The number of aromatic amines is 1. The molecule has 0 amide bonds. The molecule has 4 rings (SSSR count). The van der Waals surface area contributed by atoms with Crippen molar-refractivity contribution in [2.75, 3.05) is 24.6 Å². The monoisotopic (exact) mass is 407 g/mol. The molecule has 0 aliphatic carbocycles. The van der Waals surface area contributed by atoms with Crippen LogP contribution in [0.25, 0.3) is 11.2 Å². The van der Waals surface area contributed by atoms with Crippen molar-refractivity contribution in [1.29, 1.82) is 0 Å². The van der Waals surface area contributed by atoms with Gasteiger partial charge in [-0.1, -0.05) is 31.1 Å². The molecule has 0 saturated carbocycles. The molecule has 0 radical (unpaired) electrons. The van der Waals surface area contributed by atoms with Crippen molar-refractivity contribution >= 4 is 17.0 Å². The molecule has 1 N–H and O–H groups in total. The second-order valence-electron chi connectivity index (χ2n) is 8.55. The second kappa shape index (κ2) is 6.89. The van der Waals surface area contributed by atoms with Crippen LogP contribution in [0.1, 0.15) is 44.4 Å². The average molecular weight is 407 g/mol. The Balaban J connectivity index is 1.72. The van der Waals surface area contributed by atoms with Gasteiger partial charge in [-0.3, -0.25) is 0 Å². The number of rotatable bonds is 5. The fraction of sp³-hybridized carbons (Fsp3) is 0.611. The zero-order valence-corrected chi connectivity index (χ0v) is 16.8. The summed E-state index contributed by atoms with van der Waals surface area (Å²) in [5.74, 6) is -1.97. The molecule has 9 nitrogen and oxygen atoms in total. The minimum absolute atomic E-state index is 0.0624. The van der Waals surface area contributed by atoms with Gasteiger partial charge in [-0.25, -0.2) is 23.4 Å². The summed E-state index contributed by atoms with van der Waals surface area (Å²) in [5, 5.41) is 7.60. The van der Waals surface area contributed by atoms with Crippen LogP contribution in [-0.4, -0.2) is 55.9 Å². The van der Waals surface area contributed by atoms with E-state index >= 15 is 0 Å². The predicted octanol–water partition coefficient (Wildman–Crippen LogP) is 2.91. The Kier molecular flexibility index (Phi) is 4.62. The van der Waals surface area contributed by atoms with Gasteiger partial charge in [0.25, 0.3) is 11.9 Å². The molecule has 156 valence electrons. The van der Waals surface area contributed by atoms with Gasteiger partial charge in [0.2, 0.25) is 0 Å². The second-order valence-corrected chi connectivity index (χ2v) is 8.55. The number of imidazole rings is 1. The number of anilines is 1. The molecule has 1 aliphatic heterocycles. The average Bonchev–Trinajstić information content (AvgIpc) is 3.31. The Bertz CT molecular complexity index is 1030. The van der Waals surface area contributed by atoms with Crippen LogP contribution >= 0.6 is 0 Å². The third-order valence-corrected chi connectivity index (χ3v) is 4.54. The van der Waals surface area contributed by atoms with E-state index in [-0.39, 0.29) is 30.8 Å². The quantitative estimate of drug-likeness (QED) is 0.688. The summed E-state index contributed by atoms with van der Waals surface area (Å²) in [7, 11) is 0. The first-order valence-electron chi connectivity index (χ1n) is 9.40. The summed E-state index contributed by atoms with van der Waals surface area (Å²) in [5.41, 5.74) is 1.98. The third kappa shape index (κ3) is 4.28. The molecular formula is C18H23F2N7O2. The molecule has 3 aromatic rings. The minimum atomic E-state index is -2.75. The van der Waals surface area contributed by atoms with Gasteiger partial charge >= 0.3 is 0 Å². The van der Waals surface area contributed by atoms with Gasteiger partial charge in [0.15, 0.2) is 11.5 Å². The molecule has 11 heteroatoms. The number of nitrogens with zero attached hydrogens (tertiary/aromatic N) is 6. The lowest BCUT2D eigenvalue weighted by molar-refractivity contribution is 0.0257. The fourth-order valence-electron chi connectivity index (χ4n) is 3.04. The topological polar surface area (TPSA) is 106 Å². The maximum Gasteiger partial charge on any atom is 0.296 e. The maximum absolute atomic E-state index is 13.8. The highest BCUT2D eigenvalue weighted by molar-refractivity contribution is 5.84. The molecule has 4 heterocycles. The Morgan fingerprint density at radius 2 is 2.00 bits per heavy atom. The Hall–Kier alpha value is -2.85. The van der Waals surface area contributed by atoms with Gasteiger partial charge in [0, 0.05) is 13.0 Å². The van der Waals surface area contributed by atoms with E-state index in [0.717, 1.165) is 0 Å². The molecule has 3 aromatic heterocycles. The number of ether oxygens (including phenoxy) is 1. The van der Waals surface area contributed by atoms with Crippen molar-refractivity contribution in [2.45, 2.75) is 46.5 Å². The van der Waals surface area contributed by atoms with E-state index in [1.54, 1.807) is 11.8 Å². The van der Waals surface area contributed by atoms with E-state index < -0.39 is 12.5 Å². The van der Waals surface area contributed by atoms with Gasteiger partial charge in [-0.15, -0.1) is 0 Å². The summed E-state index contributed by atoms with van der Waals surface area (Å²) < 4.78 is 38.1. The van der Waals surface area contributed by atoms with Gasteiger partial charge in [0.05, 0.1) is 19.6 Å². The first kappa shape index (κ1) is 19.5. The van der Waals surface area contributed by atoms with Gasteiger partial charge in [0.1, 0.15) is 22.7 Å². The lowest BCUT2D eigenvalue weighted by Gasteiger charge is -2.18. The van der Waals surface area contributed by atoms with Crippen LogP contribution in [0.15, 0.2) is 4.63 Å². The molecule has 0 unspecified atom stereocenters. The van der Waals surface area contributed by atoms with Crippen molar-refractivity contribution in [2.24, 2.45) is 5.41 Å². The standard InChI is InChI=1S/C18H23F2N7O2/c1-10-11(26-29-25-10)7-12-21-14-13(23-16(24-14)28-9-17(2,3)4)15(22-12)27-6-5-18(19,20)8-27/h5-9H2,1-4H3,(H,21,22,23,24). The van der Waals surface area contributed by atoms with Crippen LogP contribution in [0.2, 0.25) is 0 Å². The summed E-state index contributed by atoms with van der Waals surface area (Å²) in [6.45, 7) is 8.12. The van der Waals surface area contributed by atoms with Crippen LogP contribution in [0.4, 0.5) is 14.6 Å². The van der Waals surface area contributed by atoms with Crippen LogP contribution in [0.3, 0.4) is 0 Å². The molecule has 29 heavy (non-hydrogen) atoms. The van der Waals surface area contributed by atoms with E-state index in [2.05, 4.69) is 30.2 Å². The molecule has 0 atom stereocenters. The Morgan fingerprint density at radius 3 is 2.62 bits per heavy atom. The highest BCUT2D eigenvalue weighted by Crippen LogP contribution is 2.33. The number of aromatic nitrogens is 6. The van der Waals surface area contributed by atoms with Crippen molar-refractivity contribution in [3.05, 3.63) is 17.2 Å². The van der Waals surface area contributed by atoms with Crippen molar-refractivity contribution in [3.8, 4) is 6.01 Å². The van der Waals surface area contributed by atoms with E-state index in [0.29, 0.717) is 40.8 Å². The van der Waals surface area contributed by atoms with Gasteiger partial charge < -0.3 is 14.6 Å². The molecule has 1 saturated heterocycles. The summed E-state index contributed by atoms with van der Waals surface area (Å²) in [6.07, 6.45) is 0.0369. The number of nitrogens with one attached hydrogen (secondary N) is 1. The zero-order chi connectivity index (χ0) is 20.8. The molecule has 0 bridgehead atoms. The summed E-state index contributed by atoms with van der Waals surface area (Å²) in [6, 6.07) is 0.285. The number of fused-ring (bicyclic) bond motifs is 1. The molecule has 0 aromatic carbocycles. The summed E-state index contributed by atoms with van der Waals surface area (Å²) >= 11 is 0. The van der Waals surface area contributed by atoms with Gasteiger partial charge in [-0.2, -0.15) is 4.98 Å². The largest absolute Gasteiger partial charge is 0.464 e. The van der Waals surface area contributed by atoms with Crippen LogP contribution in [0.5, 0.6) is 6.01 Å². The van der Waals surface area contributed by atoms with Crippen molar-refractivity contribution in [1.82, 2.24) is 30.2 Å². The molecule has 1 fully saturated rings. The lowest BCUT2D eigenvalue weighted by atomic mass is 9.99. The smallest absolute Gasteiger partial charge is 0.296 e. The summed E-state index contributed by atoms with van der Waals surface area (Å²) in [4.78, 5) is 18.0. The predicted molar refractivity (Wildman–Crippen MR) is 100 cm³/mol. The van der Waals surface area contributed by atoms with Crippen molar-refractivity contribution in [3.63, 3.8) is 0 Å². The SMILES string of the molecule is Cc1nonc1Cc1nc(N2CCC(F)(F)C2)c2[nH]c(OCC(C)(C)C)nc2n1. The normalized spacial score (nSPS) is 16.7. The number of H-pyrrole nitrogens is 1. The first-order chi connectivity index (χ1) is 13.6. The number of hydrogen-bond donors (Lipinski definition) is 1. The number of hydrogen-bond acceptors (Lipinski definition) is 8. The highest BCUT2D eigenvalue weighted by atomic mass is 19.3. The Morgan fingerprint density at radius 1 is 1.21 bits per heavy atom. The first-order valence-corrected chi connectivity index (χ1v) is 9.40. The Labute approximate surface area is 165 Å². The number of alkyl halides is 2. The van der Waals surface area contributed by atoms with Crippen LogP contribution in [0, 0.1) is 12.3 Å².